The predicted octanol–water partition coefficient (Wildman–Crippen LogP) is 3.07. The highest BCUT2D eigenvalue weighted by Crippen LogP contribution is 2.38. The molecular formula is C16H16ClN3O. The number of ether oxygens (including phenoxy) is 1. The lowest BCUT2D eigenvalue weighted by Crippen LogP contribution is -2.35. The van der Waals surface area contributed by atoms with E-state index in [1.165, 1.54) is 0 Å². The third-order valence-corrected chi connectivity index (χ3v) is 4.50. The fourth-order valence-corrected chi connectivity index (χ4v) is 3.10. The number of rotatable bonds is 2. The molecule has 0 fully saturated rings. The molecule has 0 bridgehead atoms. The van der Waals surface area contributed by atoms with Crippen molar-refractivity contribution in [3.8, 4) is 11.8 Å². The Kier molecular flexibility index (Phi) is 3.38. The highest BCUT2D eigenvalue weighted by molar-refractivity contribution is 6.30. The lowest BCUT2D eigenvalue weighted by molar-refractivity contribution is 0.169. The molecule has 1 aliphatic heterocycles. The van der Waals surface area contributed by atoms with Gasteiger partial charge in [0.15, 0.2) is 0 Å². The zero-order chi connectivity index (χ0) is 15.0. The first-order valence-corrected chi connectivity index (χ1v) is 7.22. The molecule has 1 aromatic carbocycles. The summed E-state index contributed by atoms with van der Waals surface area (Å²) < 4.78 is 7.44. The summed E-state index contributed by atoms with van der Waals surface area (Å²) in [4.78, 5) is 0. The van der Waals surface area contributed by atoms with Crippen LogP contribution in [0.25, 0.3) is 0 Å². The number of para-hydroxylation sites is 1. The molecule has 1 atom stereocenters. The van der Waals surface area contributed by atoms with Crippen LogP contribution in [0.15, 0.2) is 24.3 Å². The standard InChI is InChI=1S/C16H16ClN3O/c1-11-13(15(17)20(2)19-11)8-16(9-18)7-12-5-3-4-6-14(12)21-10-16/h3-6H,7-8,10H2,1-2H3. The highest BCUT2D eigenvalue weighted by atomic mass is 35.5. The van der Waals surface area contributed by atoms with E-state index in [0.29, 0.717) is 24.6 Å². The number of nitriles is 1. The quantitative estimate of drug-likeness (QED) is 0.856. The molecule has 0 saturated heterocycles. The maximum absolute atomic E-state index is 9.72. The van der Waals surface area contributed by atoms with Gasteiger partial charge in [0.25, 0.3) is 0 Å². The van der Waals surface area contributed by atoms with Crippen LogP contribution in [-0.2, 0) is 19.9 Å². The highest BCUT2D eigenvalue weighted by Gasteiger charge is 2.38. The lowest BCUT2D eigenvalue weighted by Gasteiger charge is -2.32. The Balaban J connectivity index is 1.95. The van der Waals surface area contributed by atoms with E-state index in [2.05, 4.69) is 11.2 Å². The van der Waals surface area contributed by atoms with Gasteiger partial charge in [-0.25, -0.2) is 0 Å². The van der Waals surface area contributed by atoms with Gasteiger partial charge < -0.3 is 4.74 Å². The second-order valence-corrected chi connectivity index (χ2v) is 5.98. The molecule has 0 aliphatic carbocycles. The maximum Gasteiger partial charge on any atom is 0.130 e. The Labute approximate surface area is 128 Å². The van der Waals surface area contributed by atoms with E-state index in [0.717, 1.165) is 22.6 Å². The Bertz CT molecular complexity index is 732. The summed E-state index contributed by atoms with van der Waals surface area (Å²) in [7, 11) is 1.81. The Morgan fingerprint density at radius 1 is 1.48 bits per heavy atom. The molecule has 5 heteroatoms. The second kappa shape index (κ2) is 5.09. The molecule has 108 valence electrons. The molecule has 0 radical (unpaired) electrons. The first kappa shape index (κ1) is 14.0. The van der Waals surface area contributed by atoms with Crippen LogP contribution < -0.4 is 4.74 Å². The molecule has 0 amide bonds. The molecule has 4 nitrogen and oxygen atoms in total. The predicted molar refractivity (Wildman–Crippen MR) is 80.3 cm³/mol. The normalized spacial score (nSPS) is 20.5. The van der Waals surface area contributed by atoms with Crippen LogP contribution in [-0.4, -0.2) is 16.4 Å². The molecular weight excluding hydrogens is 286 g/mol. The summed E-state index contributed by atoms with van der Waals surface area (Å²) in [6.07, 6.45) is 1.22. The summed E-state index contributed by atoms with van der Waals surface area (Å²) in [5.41, 5.74) is 2.29. The first-order valence-electron chi connectivity index (χ1n) is 6.84. The molecule has 1 unspecified atom stereocenters. The molecule has 0 spiro atoms. The summed E-state index contributed by atoms with van der Waals surface area (Å²) >= 11 is 6.30. The van der Waals surface area contributed by atoms with Gasteiger partial charge in [0, 0.05) is 12.6 Å². The minimum absolute atomic E-state index is 0.380. The monoisotopic (exact) mass is 301 g/mol. The number of aryl methyl sites for hydroxylation is 2. The number of benzene rings is 1. The molecule has 1 aliphatic rings. The zero-order valence-electron chi connectivity index (χ0n) is 12.1. The smallest absolute Gasteiger partial charge is 0.130 e. The van der Waals surface area contributed by atoms with Gasteiger partial charge in [-0.15, -0.1) is 0 Å². The van der Waals surface area contributed by atoms with Crippen LogP contribution >= 0.6 is 11.6 Å². The van der Waals surface area contributed by atoms with E-state index in [-0.39, 0.29) is 0 Å². The van der Waals surface area contributed by atoms with Crippen LogP contribution in [0.4, 0.5) is 0 Å². The summed E-state index contributed by atoms with van der Waals surface area (Å²) in [5, 5.41) is 14.6. The van der Waals surface area contributed by atoms with E-state index >= 15 is 0 Å². The number of aromatic nitrogens is 2. The van der Waals surface area contributed by atoms with Crippen molar-refractivity contribution >= 4 is 11.6 Å². The fraction of sp³-hybridized carbons (Fsp3) is 0.375. The summed E-state index contributed by atoms with van der Waals surface area (Å²) in [6, 6.07) is 10.3. The zero-order valence-corrected chi connectivity index (χ0v) is 12.8. The average Bonchev–Trinajstić information content (AvgIpc) is 2.73. The van der Waals surface area contributed by atoms with E-state index in [4.69, 9.17) is 16.3 Å². The van der Waals surface area contributed by atoms with Crippen LogP contribution in [0.1, 0.15) is 16.8 Å². The van der Waals surface area contributed by atoms with Crippen LogP contribution in [0.5, 0.6) is 5.75 Å². The number of fused-ring (bicyclic) bond motifs is 1. The van der Waals surface area contributed by atoms with Gasteiger partial charge in [0.05, 0.1) is 17.2 Å². The van der Waals surface area contributed by atoms with Gasteiger partial charge in [0.1, 0.15) is 17.5 Å². The van der Waals surface area contributed by atoms with Crippen molar-refractivity contribution < 1.29 is 4.74 Å². The number of hydrogen-bond donors (Lipinski definition) is 0. The maximum atomic E-state index is 9.72. The van der Waals surface area contributed by atoms with E-state index < -0.39 is 5.41 Å². The molecule has 2 heterocycles. The van der Waals surface area contributed by atoms with E-state index in [1.54, 1.807) is 4.68 Å². The van der Waals surface area contributed by atoms with Gasteiger partial charge in [0.2, 0.25) is 0 Å². The first-order chi connectivity index (χ1) is 10.0. The van der Waals surface area contributed by atoms with Gasteiger partial charge in [-0.2, -0.15) is 10.4 Å². The molecule has 1 aromatic heterocycles. The molecule has 21 heavy (non-hydrogen) atoms. The number of halogens is 1. The minimum atomic E-state index is -0.591. The Morgan fingerprint density at radius 2 is 2.24 bits per heavy atom. The van der Waals surface area contributed by atoms with Crippen LogP contribution in [0, 0.1) is 23.7 Å². The van der Waals surface area contributed by atoms with Crippen LogP contribution in [0.2, 0.25) is 5.15 Å². The van der Waals surface area contributed by atoms with Crippen LogP contribution in [0.3, 0.4) is 0 Å². The van der Waals surface area contributed by atoms with Gasteiger partial charge in [-0.05, 0) is 31.4 Å². The molecule has 2 aromatic rings. The SMILES string of the molecule is Cc1nn(C)c(Cl)c1CC1(C#N)COc2ccccc2C1. The summed E-state index contributed by atoms with van der Waals surface area (Å²) in [6.45, 7) is 2.30. The largest absolute Gasteiger partial charge is 0.492 e. The Morgan fingerprint density at radius 3 is 2.90 bits per heavy atom. The van der Waals surface area contributed by atoms with Gasteiger partial charge >= 0.3 is 0 Å². The van der Waals surface area contributed by atoms with Crippen molar-refractivity contribution in [3.05, 3.63) is 46.2 Å². The third kappa shape index (κ3) is 2.38. The average molecular weight is 302 g/mol. The third-order valence-electron chi connectivity index (χ3n) is 4.03. The van der Waals surface area contributed by atoms with Gasteiger partial charge in [-0.3, -0.25) is 4.68 Å². The van der Waals surface area contributed by atoms with Crippen molar-refractivity contribution in [2.24, 2.45) is 12.5 Å². The second-order valence-electron chi connectivity index (χ2n) is 5.62. The summed E-state index contributed by atoms with van der Waals surface area (Å²) in [5.74, 6) is 0.873. The topological polar surface area (TPSA) is 50.8 Å². The van der Waals surface area contributed by atoms with Crippen molar-refractivity contribution in [1.29, 1.82) is 5.26 Å². The van der Waals surface area contributed by atoms with Gasteiger partial charge in [-0.1, -0.05) is 29.8 Å². The molecule has 3 rings (SSSR count). The van der Waals surface area contributed by atoms with E-state index in [9.17, 15) is 5.26 Å². The molecule has 0 saturated carbocycles. The van der Waals surface area contributed by atoms with Crippen molar-refractivity contribution in [2.45, 2.75) is 19.8 Å². The number of nitrogens with zero attached hydrogens (tertiary/aromatic N) is 3. The lowest BCUT2D eigenvalue weighted by atomic mass is 9.77. The minimum Gasteiger partial charge on any atom is -0.492 e. The molecule has 0 N–H and O–H groups in total. The number of hydrogen-bond acceptors (Lipinski definition) is 3. The van der Waals surface area contributed by atoms with E-state index in [1.807, 2.05) is 38.2 Å². The fourth-order valence-electron chi connectivity index (χ4n) is 2.86. The van der Waals surface area contributed by atoms with Crippen molar-refractivity contribution in [1.82, 2.24) is 9.78 Å². The van der Waals surface area contributed by atoms with Crippen molar-refractivity contribution in [2.75, 3.05) is 6.61 Å². The van der Waals surface area contributed by atoms with Crippen molar-refractivity contribution in [3.63, 3.8) is 0 Å². The Hall–Kier alpha value is -1.99.